The van der Waals surface area contributed by atoms with Crippen LogP contribution in [0.4, 0.5) is 0 Å². The number of ketones is 1. The number of nitrogens with zero attached hydrogens (tertiary/aromatic N) is 3. The van der Waals surface area contributed by atoms with E-state index in [-0.39, 0.29) is 5.78 Å². The summed E-state index contributed by atoms with van der Waals surface area (Å²) < 4.78 is 2.01. The van der Waals surface area contributed by atoms with Crippen molar-refractivity contribution < 1.29 is 4.79 Å². The highest BCUT2D eigenvalue weighted by molar-refractivity contribution is 6.01. The molecule has 0 spiro atoms. The fraction of sp³-hybridized carbons (Fsp3) is 0.167. The Balaban J connectivity index is 1.92. The zero-order valence-corrected chi connectivity index (χ0v) is 12.8. The third kappa shape index (κ3) is 4.66. The van der Waals surface area contributed by atoms with Gasteiger partial charge in [-0.25, -0.2) is 4.98 Å². The molecule has 0 atom stereocenters. The second-order valence-electron chi connectivity index (χ2n) is 4.99. The van der Waals surface area contributed by atoms with Crippen LogP contribution in [0.15, 0.2) is 61.1 Å². The average molecular weight is 293 g/mol. The average Bonchev–Trinajstić information content (AvgIpc) is 2.99. The molecule has 0 aliphatic carbocycles. The molecule has 22 heavy (non-hydrogen) atoms. The standard InChI is InChI=1S/C18H19N3O/c1-15(2)21-14-13-20-18(21)11-10-17(22)9-4-3-7-16-8-5-6-12-19-16/h3-15H,1-2H3/b7-3+,9-4+,11-10+. The van der Waals surface area contributed by atoms with E-state index < -0.39 is 0 Å². The van der Waals surface area contributed by atoms with Crippen LogP contribution in [-0.4, -0.2) is 20.3 Å². The molecule has 112 valence electrons. The maximum atomic E-state index is 11.8. The fourth-order valence-corrected chi connectivity index (χ4v) is 1.88. The molecule has 2 rings (SSSR count). The number of rotatable bonds is 6. The van der Waals surface area contributed by atoms with Crippen LogP contribution in [0.2, 0.25) is 0 Å². The molecule has 0 fully saturated rings. The molecule has 0 saturated heterocycles. The number of carbonyl (C=O) groups excluding carboxylic acids is 1. The minimum Gasteiger partial charge on any atom is -0.329 e. The van der Waals surface area contributed by atoms with Crippen LogP contribution in [0, 0.1) is 0 Å². The molecule has 2 aromatic heterocycles. The second-order valence-corrected chi connectivity index (χ2v) is 4.99. The Morgan fingerprint density at radius 1 is 1.09 bits per heavy atom. The Labute approximate surface area is 130 Å². The molecule has 0 radical (unpaired) electrons. The van der Waals surface area contributed by atoms with Crippen LogP contribution in [-0.2, 0) is 4.79 Å². The van der Waals surface area contributed by atoms with Gasteiger partial charge in [-0.3, -0.25) is 9.78 Å². The molecule has 0 amide bonds. The van der Waals surface area contributed by atoms with Crippen molar-refractivity contribution in [2.45, 2.75) is 19.9 Å². The van der Waals surface area contributed by atoms with E-state index in [9.17, 15) is 4.79 Å². The van der Waals surface area contributed by atoms with Crippen molar-refractivity contribution in [3.05, 3.63) is 72.6 Å². The van der Waals surface area contributed by atoms with Crippen molar-refractivity contribution in [1.82, 2.24) is 14.5 Å². The van der Waals surface area contributed by atoms with Gasteiger partial charge in [0, 0.05) is 24.6 Å². The Morgan fingerprint density at radius 2 is 1.95 bits per heavy atom. The highest BCUT2D eigenvalue weighted by Crippen LogP contribution is 2.09. The molecule has 0 bridgehead atoms. The van der Waals surface area contributed by atoms with Gasteiger partial charge in [0.2, 0.25) is 0 Å². The van der Waals surface area contributed by atoms with Gasteiger partial charge in [-0.2, -0.15) is 0 Å². The number of carbonyl (C=O) groups is 1. The topological polar surface area (TPSA) is 47.8 Å². The van der Waals surface area contributed by atoms with Gasteiger partial charge >= 0.3 is 0 Å². The monoisotopic (exact) mass is 293 g/mol. The minimum absolute atomic E-state index is 0.0797. The SMILES string of the molecule is CC(C)n1ccnc1/C=C/C(=O)/C=C/C=C/c1ccccn1. The normalized spacial score (nSPS) is 12.1. The maximum Gasteiger partial charge on any atom is 0.178 e. The molecule has 2 aromatic rings. The Hall–Kier alpha value is -2.75. The molecule has 0 N–H and O–H groups in total. The van der Waals surface area contributed by atoms with Crippen LogP contribution in [0.25, 0.3) is 12.2 Å². The highest BCUT2D eigenvalue weighted by Gasteiger charge is 2.02. The molecule has 2 heterocycles. The third-order valence-electron chi connectivity index (χ3n) is 2.98. The molecular weight excluding hydrogens is 274 g/mol. The number of hydrogen-bond donors (Lipinski definition) is 0. The first-order chi connectivity index (χ1) is 10.7. The Morgan fingerprint density at radius 3 is 2.68 bits per heavy atom. The number of hydrogen-bond acceptors (Lipinski definition) is 3. The molecule has 0 aliphatic heterocycles. The van der Waals surface area contributed by atoms with E-state index >= 15 is 0 Å². The van der Waals surface area contributed by atoms with Crippen LogP contribution >= 0.6 is 0 Å². The van der Waals surface area contributed by atoms with Crippen LogP contribution in [0.3, 0.4) is 0 Å². The smallest absolute Gasteiger partial charge is 0.178 e. The quantitative estimate of drug-likeness (QED) is 0.602. The lowest BCUT2D eigenvalue weighted by atomic mass is 10.2. The number of aromatic nitrogens is 3. The van der Waals surface area contributed by atoms with Crippen LogP contribution in [0.5, 0.6) is 0 Å². The zero-order valence-electron chi connectivity index (χ0n) is 12.8. The molecule has 0 saturated carbocycles. The predicted molar refractivity (Wildman–Crippen MR) is 89.1 cm³/mol. The van der Waals surface area contributed by atoms with E-state index in [0.29, 0.717) is 6.04 Å². The molecule has 0 unspecified atom stereocenters. The lowest BCUT2D eigenvalue weighted by Gasteiger charge is -2.07. The summed E-state index contributed by atoms with van der Waals surface area (Å²) >= 11 is 0. The first kappa shape index (κ1) is 15.6. The maximum absolute atomic E-state index is 11.8. The second kappa shape index (κ2) is 7.88. The lowest BCUT2D eigenvalue weighted by Crippen LogP contribution is -2.01. The van der Waals surface area contributed by atoms with E-state index in [1.54, 1.807) is 30.6 Å². The summed E-state index contributed by atoms with van der Waals surface area (Å²) in [7, 11) is 0. The van der Waals surface area contributed by atoms with E-state index in [0.717, 1.165) is 11.5 Å². The van der Waals surface area contributed by atoms with E-state index in [1.807, 2.05) is 35.0 Å². The van der Waals surface area contributed by atoms with Gasteiger partial charge < -0.3 is 4.57 Å². The molecule has 4 heteroatoms. The van der Waals surface area contributed by atoms with E-state index in [1.165, 1.54) is 12.2 Å². The number of imidazole rings is 1. The molecule has 4 nitrogen and oxygen atoms in total. The van der Waals surface area contributed by atoms with Crippen molar-refractivity contribution >= 4 is 17.9 Å². The first-order valence-corrected chi connectivity index (χ1v) is 7.17. The van der Waals surface area contributed by atoms with Gasteiger partial charge in [0.25, 0.3) is 0 Å². The van der Waals surface area contributed by atoms with E-state index in [2.05, 4.69) is 23.8 Å². The summed E-state index contributed by atoms with van der Waals surface area (Å²) in [6.07, 6.45) is 15.5. The first-order valence-electron chi connectivity index (χ1n) is 7.17. The minimum atomic E-state index is -0.0797. The summed E-state index contributed by atoms with van der Waals surface area (Å²) in [6, 6.07) is 6.00. The van der Waals surface area contributed by atoms with Crippen molar-refractivity contribution in [2.75, 3.05) is 0 Å². The Bertz CT molecular complexity index is 694. The van der Waals surface area contributed by atoms with Crippen LogP contribution in [0.1, 0.15) is 31.4 Å². The molecular formula is C18H19N3O. The van der Waals surface area contributed by atoms with Crippen molar-refractivity contribution in [2.24, 2.45) is 0 Å². The summed E-state index contributed by atoms with van der Waals surface area (Å²) in [5, 5.41) is 0. The summed E-state index contributed by atoms with van der Waals surface area (Å²) in [5.74, 6) is 0.699. The Kier molecular flexibility index (Phi) is 5.60. The van der Waals surface area contributed by atoms with Gasteiger partial charge in [0.05, 0.1) is 5.69 Å². The summed E-state index contributed by atoms with van der Waals surface area (Å²) in [4.78, 5) is 20.2. The molecule has 0 aliphatic rings. The number of pyridine rings is 1. The van der Waals surface area contributed by atoms with Crippen LogP contribution < -0.4 is 0 Å². The van der Waals surface area contributed by atoms with E-state index in [4.69, 9.17) is 0 Å². The van der Waals surface area contributed by atoms with Crippen molar-refractivity contribution in [1.29, 1.82) is 0 Å². The van der Waals surface area contributed by atoms with Gasteiger partial charge in [0.15, 0.2) is 5.78 Å². The predicted octanol–water partition coefficient (Wildman–Crippen LogP) is 3.71. The van der Waals surface area contributed by atoms with Gasteiger partial charge in [-0.05, 0) is 50.3 Å². The fourth-order valence-electron chi connectivity index (χ4n) is 1.88. The van der Waals surface area contributed by atoms with Gasteiger partial charge in [0.1, 0.15) is 5.82 Å². The molecule has 0 aromatic carbocycles. The highest BCUT2D eigenvalue weighted by atomic mass is 16.1. The van der Waals surface area contributed by atoms with Gasteiger partial charge in [-0.15, -0.1) is 0 Å². The summed E-state index contributed by atoms with van der Waals surface area (Å²) in [5.41, 5.74) is 0.856. The third-order valence-corrected chi connectivity index (χ3v) is 2.98. The zero-order chi connectivity index (χ0) is 15.8. The van der Waals surface area contributed by atoms with Crippen molar-refractivity contribution in [3.8, 4) is 0 Å². The summed E-state index contributed by atoms with van der Waals surface area (Å²) in [6.45, 7) is 4.15. The largest absolute Gasteiger partial charge is 0.329 e. The lowest BCUT2D eigenvalue weighted by molar-refractivity contribution is -0.110. The van der Waals surface area contributed by atoms with Gasteiger partial charge in [-0.1, -0.05) is 18.2 Å². The van der Waals surface area contributed by atoms with Crippen molar-refractivity contribution in [3.63, 3.8) is 0 Å². The number of allylic oxidation sites excluding steroid dienone is 4.